The van der Waals surface area contributed by atoms with Gasteiger partial charge < -0.3 is 10.1 Å². The molecule has 0 spiro atoms. The van der Waals surface area contributed by atoms with Crippen LogP contribution in [0.2, 0.25) is 0 Å². The molecule has 4 nitrogen and oxygen atoms in total. The molecule has 0 saturated carbocycles. The van der Waals surface area contributed by atoms with Crippen LogP contribution in [0.25, 0.3) is 0 Å². The van der Waals surface area contributed by atoms with Gasteiger partial charge in [0.25, 0.3) is 5.91 Å². The third-order valence-corrected chi connectivity index (χ3v) is 2.98. The van der Waals surface area contributed by atoms with Crippen molar-refractivity contribution in [1.82, 2.24) is 0 Å². The number of carbonyl (C=O) groups is 1. The Hall–Kier alpha value is -2.80. The molecule has 106 valence electrons. The van der Waals surface area contributed by atoms with E-state index < -0.39 is 6.10 Å². The summed E-state index contributed by atoms with van der Waals surface area (Å²) in [6.45, 7) is 3.67. The highest BCUT2D eigenvalue weighted by Crippen LogP contribution is 2.15. The molecular weight excluding hydrogens is 264 g/mol. The van der Waals surface area contributed by atoms with Crippen molar-refractivity contribution in [2.24, 2.45) is 0 Å². The fraction of sp³-hybridized carbons (Fsp3) is 0.176. The van der Waals surface area contributed by atoms with E-state index in [-0.39, 0.29) is 5.91 Å². The number of benzene rings is 2. The van der Waals surface area contributed by atoms with Gasteiger partial charge in [0.05, 0.1) is 11.6 Å². The van der Waals surface area contributed by atoms with E-state index in [9.17, 15) is 4.79 Å². The van der Waals surface area contributed by atoms with E-state index in [4.69, 9.17) is 10.00 Å². The van der Waals surface area contributed by atoms with Crippen molar-refractivity contribution in [3.05, 3.63) is 59.7 Å². The molecule has 1 unspecified atom stereocenters. The van der Waals surface area contributed by atoms with E-state index in [1.807, 2.05) is 37.3 Å². The number of rotatable bonds is 4. The van der Waals surface area contributed by atoms with Gasteiger partial charge in [0.1, 0.15) is 5.75 Å². The van der Waals surface area contributed by atoms with Crippen molar-refractivity contribution in [2.75, 3.05) is 5.32 Å². The third-order valence-electron chi connectivity index (χ3n) is 2.98. The molecule has 1 amide bonds. The summed E-state index contributed by atoms with van der Waals surface area (Å²) in [4.78, 5) is 12.0. The van der Waals surface area contributed by atoms with Gasteiger partial charge in [-0.15, -0.1) is 0 Å². The van der Waals surface area contributed by atoms with Gasteiger partial charge in [0.15, 0.2) is 6.10 Å². The monoisotopic (exact) mass is 280 g/mol. The van der Waals surface area contributed by atoms with E-state index >= 15 is 0 Å². The molecule has 0 aromatic heterocycles. The minimum atomic E-state index is -0.626. The molecule has 1 atom stereocenters. The Kier molecular flexibility index (Phi) is 4.57. The molecule has 0 aliphatic rings. The topological polar surface area (TPSA) is 62.1 Å². The van der Waals surface area contributed by atoms with Crippen LogP contribution in [-0.2, 0) is 4.79 Å². The standard InChI is InChI=1S/C17H16N2O2/c1-12-3-7-15(8-4-12)19-17(20)13(2)21-16-9-5-14(11-18)6-10-16/h3-10,13H,1-2H3,(H,19,20). The Morgan fingerprint density at radius 1 is 1.14 bits per heavy atom. The Balaban J connectivity index is 1.95. The molecule has 2 rings (SSSR count). The highest BCUT2D eigenvalue weighted by molar-refractivity contribution is 5.94. The molecule has 21 heavy (non-hydrogen) atoms. The maximum absolute atomic E-state index is 12.0. The molecular formula is C17H16N2O2. The summed E-state index contributed by atoms with van der Waals surface area (Å²) >= 11 is 0. The number of hydrogen-bond donors (Lipinski definition) is 1. The number of nitrogens with one attached hydrogen (secondary N) is 1. The third kappa shape index (κ3) is 4.08. The number of nitriles is 1. The molecule has 4 heteroatoms. The maximum atomic E-state index is 12.0. The summed E-state index contributed by atoms with van der Waals surface area (Å²) in [6, 6.07) is 16.2. The lowest BCUT2D eigenvalue weighted by Crippen LogP contribution is -2.30. The lowest BCUT2D eigenvalue weighted by molar-refractivity contribution is -0.122. The Bertz CT molecular complexity index is 655. The number of carbonyl (C=O) groups excluding carboxylic acids is 1. The van der Waals surface area contributed by atoms with E-state index in [2.05, 4.69) is 5.32 Å². The van der Waals surface area contributed by atoms with Crippen LogP contribution in [0.1, 0.15) is 18.1 Å². The van der Waals surface area contributed by atoms with Crippen LogP contribution in [0, 0.1) is 18.3 Å². The quantitative estimate of drug-likeness (QED) is 0.935. The van der Waals surface area contributed by atoms with E-state index in [1.165, 1.54) is 0 Å². The van der Waals surface area contributed by atoms with Crippen molar-refractivity contribution in [1.29, 1.82) is 5.26 Å². The molecule has 0 aliphatic carbocycles. The number of hydrogen-bond acceptors (Lipinski definition) is 3. The highest BCUT2D eigenvalue weighted by Gasteiger charge is 2.14. The maximum Gasteiger partial charge on any atom is 0.265 e. The molecule has 0 bridgehead atoms. The zero-order valence-electron chi connectivity index (χ0n) is 12.0. The normalized spacial score (nSPS) is 11.3. The van der Waals surface area contributed by atoms with Crippen LogP contribution in [0.15, 0.2) is 48.5 Å². The number of amides is 1. The van der Waals surface area contributed by atoms with E-state index in [0.29, 0.717) is 11.3 Å². The molecule has 2 aromatic carbocycles. The largest absolute Gasteiger partial charge is 0.481 e. The van der Waals surface area contributed by atoms with E-state index in [0.717, 1.165) is 11.3 Å². The number of ether oxygens (including phenoxy) is 1. The van der Waals surface area contributed by atoms with Crippen LogP contribution in [-0.4, -0.2) is 12.0 Å². The number of nitrogens with zero attached hydrogens (tertiary/aromatic N) is 1. The van der Waals surface area contributed by atoms with Crippen LogP contribution in [0.4, 0.5) is 5.69 Å². The van der Waals surface area contributed by atoms with Gasteiger partial charge in [0.2, 0.25) is 0 Å². The van der Waals surface area contributed by atoms with Crippen molar-refractivity contribution in [3.63, 3.8) is 0 Å². The molecule has 2 aromatic rings. The molecule has 0 saturated heterocycles. The fourth-order valence-corrected chi connectivity index (χ4v) is 1.75. The Labute approximate surface area is 124 Å². The number of anilines is 1. The fourth-order valence-electron chi connectivity index (χ4n) is 1.75. The average molecular weight is 280 g/mol. The van der Waals surface area contributed by atoms with Gasteiger partial charge in [-0.3, -0.25) is 4.79 Å². The van der Waals surface area contributed by atoms with Gasteiger partial charge in [-0.1, -0.05) is 17.7 Å². The first kappa shape index (κ1) is 14.6. The molecule has 0 aliphatic heterocycles. The van der Waals surface area contributed by atoms with Gasteiger partial charge in [-0.2, -0.15) is 5.26 Å². The summed E-state index contributed by atoms with van der Waals surface area (Å²) < 4.78 is 5.55. The van der Waals surface area contributed by atoms with Gasteiger partial charge in [0, 0.05) is 5.69 Å². The predicted octanol–water partition coefficient (Wildman–Crippen LogP) is 3.27. The lowest BCUT2D eigenvalue weighted by Gasteiger charge is -2.14. The second-order valence-electron chi connectivity index (χ2n) is 4.75. The van der Waals surface area contributed by atoms with Crippen molar-refractivity contribution in [2.45, 2.75) is 20.0 Å². The molecule has 0 fully saturated rings. The second-order valence-corrected chi connectivity index (χ2v) is 4.75. The lowest BCUT2D eigenvalue weighted by atomic mass is 10.2. The first-order valence-corrected chi connectivity index (χ1v) is 6.63. The number of aryl methyl sites for hydroxylation is 1. The Morgan fingerprint density at radius 3 is 2.33 bits per heavy atom. The molecule has 0 heterocycles. The smallest absolute Gasteiger partial charge is 0.265 e. The van der Waals surface area contributed by atoms with Crippen molar-refractivity contribution >= 4 is 11.6 Å². The van der Waals surface area contributed by atoms with Crippen molar-refractivity contribution in [3.8, 4) is 11.8 Å². The zero-order valence-corrected chi connectivity index (χ0v) is 12.0. The first-order valence-electron chi connectivity index (χ1n) is 6.63. The zero-order chi connectivity index (χ0) is 15.2. The molecule has 1 N–H and O–H groups in total. The van der Waals surface area contributed by atoms with E-state index in [1.54, 1.807) is 31.2 Å². The van der Waals surface area contributed by atoms with Crippen LogP contribution >= 0.6 is 0 Å². The summed E-state index contributed by atoms with van der Waals surface area (Å²) in [5.41, 5.74) is 2.43. The van der Waals surface area contributed by atoms with Crippen LogP contribution < -0.4 is 10.1 Å². The summed E-state index contributed by atoms with van der Waals surface area (Å²) in [5, 5.41) is 11.5. The predicted molar refractivity (Wildman–Crippen MR) is 81.1 cm³/mol. The first-order chi connectivity index (χ1) is 10.1. The average Bonchev–Trinajstić information content (AvgIpc) is 2.50. The summed E-state index contributed by atoms with van der Waals surface area (Å²) in [7, 11) is 0. The summed E-state index contributed by atoms with van der Waals surface area (Å²) in [5.74, 6) is 0.337. The minimum Gasteiger partial charge on any atom is -0.481 e. The van der Waals surface area contributed by atoms with Crippen molar-refractivity contribution < 1.29 is 9.53 Å². The molecule has 0 radical (unpaired) electrons. The van der Waals surface area contributed by atoms with Gasteiger partial charge in [-0.05, 0) is 50.2 Å². The van der Waals surface area contributed by atoms with Crippen LogP contribution in [0.3, 0.4) is 0 Å². The highest BCUT2D eigenvalue weighted by atomic mass is 16.5. The van der Waals surface area contributed by atoms with Gasteiger partial charge in [-0.25, -0.2) is 0 Å². The van der Waals surface area contributed by atoms with Gasteiger partial charge >= 0.3 is 0 Å². The van der Waals surface area contributed by atoms with Crippen LogP contribution in [0.5, 0.6) is 5.75 Å². The minimum absolute atomic E-state index is 0.219. The SMILES string of the molecule is Cc1ccc(NC(=O)C(C)Oc2ccc(C#N)cc2)cc1. The Morgan fingerprint density at radius 2 is 1.76 bits per heavy atom. The second kappa shape index (κ2) is 6.58. The summed E-state index contributed by atoms with van der Waals surface area (Å²) in [6.07, 6.45) is -0.626.